The van der Waals surface area contributed by atoms with Gasteiger partial charge < -0.3 is 9.53 Å². The van der Waals surface area contributed by atoms with E-state index >= 15 is 0 Å². The minimum Gasteiger partial charge on any atom is -0.381 e. The van der Waals surface area contributed by atoms with Crippen molar-refractivity contribution in [3.63, 3.8) is 0 Å². The number of carbonyl (C=O) groups is 1. The minimum atomic E-state index is 0.678. The summed E-state index contributed by atoms with van der Waals surface area (Å²) in [6.07, 6.45) is 5.96. The molecule has 66 valence electrons. The SMILES string of the molecule is CCCCOCCCCC=O. The third-order valence-electron chi connectivity index (χ3n) is 1.50. The third-order valence-corrected chi connectivity index (χ3v) is 1.50. The van der Waals surface area contributed by atoms with Gasteiger partial charge in [-0.15, -0.1) is 0 Å². The lowest BCUT2D eigenvalue weighted by atomic mass is 10.3. The van der Waals surface area contributed by atoms with Crippen LogP contribution in [0.4, 0.5) is 0 Å². The van der Waals surface area contributed by atoms with Crippen molar-refractivity contribution in [3.8, 4) is 0 Å². The number of rotatable bonds is 8. The lowest BCUT2D eigenvalue weighted by Gasteiger charge is -2.00. The Morgan fingerprint density at radius 3 is 2.55 bits per heavy atom. The monoisotopic (exact) mass is 158 g/mol. The molecule has 0 amide bonds. The van der Waals surface area contributed by atoms with Crippen LogP contribution in [-0.4, -0.2) is 19.5 Å². The van der Waals surface area contributed by atoms with Crippen LogP contribution in [0.1, 0.15) is 39.0 Å². The highest BCUT2D eigenvalue weighted by Gasteiger charge is 1.88. The highest BCUT2D eigenvalue weighted by molar-refractivity contribution is 5.48. The Morgan fingerprint density at radius 2 is 1.91 bits per heavy atom. The second kappa shape index (κ2) is 9.63. The van der Waals surface area contributed by atoms with E-state index in [1.165, 1.54) is 6.42 Å². The summed E-state index contributed by atoms with van der Waals surface area (Å²) in [5, 5.41) is 0. The topological polar surface area (TPSA) is 26.3 Å². The van der Waals surface area contributed by atoms with E-state index in [0.29, 0.717) is 6.42 Å². The molecule has 0 fully saturated rings. The zero-order chi connectivity index (χ0) is 8.36. The Balaban J connectivity index is 2.74. The number of aldehydes is 1. The van der Waals surface area contributed by atoms with Crippen LogP contribution in [0.15, 0.2) is 0 Å². The van der Waals surface area contributed by atoms with Gasteiger partial charge >= 0.3 is 0 Å². The molecule has 11 heavy (non-hydrogen) atoms. The molecule has 0 N–H and O–H groups in total. The van der Waals surface area contributed by atoms with Gasteiger partial charge in [0.2, 0.25) is 0 Å². The summed E-state index contributed by atoms with van der Waals surface area (Å²) in [6.45, 7) is 3.83. The van der Waals surface area contributed by atoms with Gasteiger partial charge in [-0.1, -0.05) is 13.3 Å². The highest BCUT2D eigenvalue weighted by Crippen LogP contribution is 1.94. The summed E-state index contributed by atoms with van der Waals surface area (Å²) in [4.78, 5) is 9.90. The molecule has 0 aromatic heterocycles. The van der Waals surface area contributed by atoms with E-state index in [1.54, 1.807) is 0 Å². The first kappa shape index (κ1) is 10.6. The molecular formula is C9H18O2. The fourth-order valence-corrected chi connectivity index (χ4v) is 0.780. The van der Waals surface area contributed by atoms with E-state index in [-0.39, 0.29) is 0 Å². The van der Waals surface area contributed by atoms with Crippen molar-refractivity contribution in [2.75, 3.05) is 13.2 Å². The fourth-order valence-electron chi connectivity index (χ4n) is 0.780. The quantitative estimate of drug-likeness (QED) is 0.400. The molecule has 0 spiro atoms. The van der Waals surface area contributed by atoms with Crippen LogP contribution in [0.3, 0.4) is 0 Å². The molecule has 0 saturated heterocycles. The largest absolute Gasteiger partial charge is 0.381 e. The highest BCUT2D eigenvalue weighted by atomic mass is 16.5. The van der Waals surface area contributed by atoms with Gasteiger partial charge in [0.1, 0.15) is 6.29 Å². The van der Waals surface area contributed by atoms with Gasteiger partial charge in [0.15, 0.2) is 0 Å². The maximum atomic E-state index is 9.90. The molecule has 0 aliphatic rings. The van der Waals surface area contributed by atoms with Crippen molar-refractivity contribution >= 4 is 6.29 Å². The maximum absolute atomic E-state index is 9.90. The van der Waals surface area contributed by atoms with Gasteiger partial charge in [0, 0.05) is 19.6 Å². The van der Waals surface area contributed by atoms with E-state index < -0.39 is 0 Å². The molecule has 0 aromatic rings. The third kappa shape index (κ3) is 9.63. The van der Waals surface area contributed by atoms with Crippen molar-refractivity contribution in [2.24, 2.45) is 0 Å². The number of carbonyl (C=O) groups excluding carboxylic acids is 1. The van der Waals surface area contributed by atoms with Crippen LogP contribution < -0.4 is 0 Å². The molecule has 0 bridgehead atoms. The molecular weight excluding hydrogens is 140 g/mol. The normalized spacial score (nSPS) is 9.91. The van der Waals surface area contributed by atoms with Crippen molar-refractivity contribution < 1.29 is 9.53 Å². The average molecular weight is 158 g/mol. The van der Waals surface area contributed by atoms with Crippen molar-refractivity contribution in [3.05, 3.63) is 0 Å². The van der Waals surface area contributed by atoms with Crippen LogP contribution in [0.25, 0.3) is 0 Å². The average Bonchev–Trinajstić information content (AvgIpc) is 2.03. The van der Waals surface area contributed by atoms with Crippen molar-refractivity contribution in [1.29, 1.82) is 0 Å². The maximum Gasteiger partial charge on any atom is 0.119 e. The van der Waals surface area contributed by atoms with Gasteiger partial charge in [-0.25, -0.2) is 0 Å². The van der Waals surface area contributed by atoms with Gasteiger partial charge in [0.05, 0.1) is 0 Å². The van der Waals surface area contributed by atoms with Crippen LogP contribution in [0.2, 0.25) is 0 Å². The summed E-state index contributed by atoms with van der Waals surface area (Å²) in [5.74, 6) is 0. The van der Waals surface area contributed by atoms with Crippen LogP contribution in [0.5, 0.6) is 0 Å². The van der Waals surface area contributed by atoms with Crippen LogP contribution in [-0.2, 0) is 9.53 Å². The van der Waals surface area contributed by atoms with Gasteiger partial charge in [-0.3, -0.25) is 0 Å². The zero-order valence-electron chi connectivity index (χ0n) is 7.34. The smallest absolute Gasteiger partial charge is 0.119 e. The summed E-state index contributed by atoms with van der Waals surface area (Å²) in [6, 6.07) is 0. The number of hydrogen-bond acceptors (Lipinski definition) is 2. The van der Waals surface area contributed by atoms with E-state index in [4.69, 9.17) is 4.74 Å². The predicted octanol–water partition coefficient (Wildman–Crippen LogP) is 2.17. The molecule has 0 aromatic carbocycles. The molecule has 2 nitrogen and oxygen atoms in total. The lowest BCUT2D eigenvalue weighted by Crippen LogP contribution is -1.96. The minimum absolute atomic E-state index is 0.678. The summed E-state index contributed by atoms with van der Waals surface area (Å²) < 4.78 is 5.30. The standard InChI is InChI=1S/C9H18O2/c1-2-3-8-11-9-6-4-5-7-10/h7H,2-6,8-9H2,1H3. The van der Waals surface area contributed by atoms with E-state index in [0.717, 1.165) is 38.8 Å². The molecule has 0 rings (SSSR count). The molecule has 2 heteroatoms. The molecule has 0 saturated carbocycles. The Kier molecular flexibility index (Phi) is 9.31. The molecule has 0 aliphatic heterocycles. The summed E-state index contributed by atoms with van der Waals surface area (Å²) in [7, 11) is 0. The molecule has 0 atom stereocenters. The Morgan fingerprint density at radius 1 is 1.18 bits per heavy atom. The van der Waals surface area contributed by atoms with E-state index in [1.807, 2.05) is 0 Å². The Labute approximate surface area is 68.9 Å². The second-order valence-electron chi connectivity index (χ2n) is 2.63. The molecule has 0 unspecified atom stereocenters. The number of hydrogen-bond donors (Lipinski definition) is 0. The van der Waals surface area contributed by atoms with Gasteiger partial charge in [0.25, 0.3) is 0 Å². The van der Waals surface area contributed by atoms with E-state index in [9.17, 15) is 4.79 Å². The Hall–Kier alpha value is -0.370. The number of ether oxygens (including phenoxy) is 1. The van der Waals surface area contributed by atoms with Gasteiger partial charge in [-0.2, -0.15) is 0 Å². The first-order valence-electron chi connectivity index (χ1n) is 4.43. The van der Waals surface area contributed by atoms with Crippen LogP contribution in [0, 0.1) is 0 Å². The van der Waals surface area contributed by atoms with Gasteiger partial charge in [-0.05, 0) is 19.3 Å². The molecule has 0 radical (unpaired) electrons. The van der Waals surface area contributed by atoms with Crippen LogP contribution >= 0.6 is 0 Å². The van der Waals surface area contributed by atoms with Crippen molar-refractivity contribution in [2.45, 2.75) is 39.0 Å². The fraction of sp³-hybridized carbons (Fsp3) is 0.889. The lowest BCUT2D eigenvalue weighted by molar-refractivity contribution is -0.108. The van der Waals surface area contributed by atoms with E-state index in [2.05, 4.69) is 6.92 Å². The molecule has 0 heterocycles. The number of unbranched alkanes of at least 4 members (excludes halogenated alkanes) is 3. The first-order chi connectivity index (χ1) is 5.41. The second-order valence-corrected chi connectivity index (χ2v) is 2.63. The molecule has 0 aliphatic carbocycles. The zero-order valence-corrected chi connectivity index (χ0v) is 7.34. The first-order valence-corrected chi connectivity index (χ1v) is 4.43. The summed E-state index contributed by atoms with van der Waals surface area (Å²) >= 11 is 0. The Bertz CT molecular complexity index is 81.6. The predicted molar refractivity (Wildman–Crippen MR) is 45.6 cm³/mol. The summed E-state index contributed by atoms with van der Waals surface area (Å²) in [5.41, 5.74) is 0. The van der Waals surface area contributed by atoms with Crippen molar-refractivity contribution in [1.82, 2.24) is 0 Å².